The number of benzene rings is 2. The average Bonchev–Trinajstić information content (AvgIpc) is 3.28. The number of carbonyl (C=O) groups is 2. The maximum Gasteiger partial charge on any atom is 0.264 e. The summed E-state index contributed by atoms with van der Waals surface area (Å²) in [6.45, 7) is 7.04. The molecule has 0 atom stereocenters. The van der Waals surface area contributed by atoms with E-state index in [1.54, 1.807) is 6.07 Å². The SMILES string of the molecule is CC(C)(NC(=O)c1sccc1NC(=O)c1ccc(N2CCOCC2)cc1)c1ccccc1. The topological polar surface area (TPSA) is 70.7 Å². The Bertz CT molecular complexity index is 1070. The average molecular weight is 450 g/mol. The largest absolute Gasteiger partial charge is 0.378 e. The molecule has 32 heavy (non-hydrogen) atoms. The van der Waals surface area contributed by atoms with Crippen LogP contribution in [0.4, 0.5) is 11.4 Å². The van der Waals surface area contributed by atoms with Crippen molar-refractivity contribution in [3.63, 3.8) is 0 Å². The van der Waals surface area contributed by atoms with Crippen LogP contribution < -0.4 is 15.5 Å². The van der Waals surface area contributed by atoms with Crippen molar-refractivity contribution in [3.05, 3.63) is 82.0 Å². The molecular formula is C25H27N3O3S. The van der Waals surface area contributed by atoms with Gasteiger partial charge in [-0.3, -0.25) is 9.59 Å². The van der Waals surface area contributed by atoms with Gasteiger partial charge in [-0.2, -0.15) is 0 Å². The fraction of sp³-hybridized carbons (Fsp3) is 0.280. The highest BCUT2D eigenvalue weighted by Gasteiger charge is 2.25. The van der Waals surface area contributed by atoms with E-state index in [1.165, 1.54) is 11.3 Å². The molecule has 1 aromatic heterocycles. The molecule has 1 saturated heterocycles. The van der Waals surface area contributed by atoms with Crippen LogP contribution in [-0.2, 0) is 10.3 Å². The molecule has 0 spiro atoms. The van der Waals surface area contributed by atoms with Crippen LogP contribution in [0.2, 0.25) is 0 Å². The lowest BCUT2D eigenvalue weighted by Crippen LogP contribution is -2.40. The zero-order valence-electron chi connectivity index (χ0n) is 18.3. The Labute approximate surface area is 192 Å². The van der Waals surface area contributed by atoms with E-state index in [4.69, 9.17) is 4.74 Å². The van der Waals surface area contributed by atoms with E-state index < -0.39 is 5.54 Å². The quantitative estimate of drug-likeness (QED) is 0.581. The molecule has 0 aliphatic carbocycles. The standard InChI is InChI=1S/C25H27N3O3S/c1-25(2,19-6-4-3-5-7-19)27-24(30)22-21(12-17-32-22)26-23(29)18-8-10-20(11-9-18)28-13-15-31-16-14-28/h3-12,17H,13-16H2,1-2H3,(H,26,29)(H,27,30). The minimum absolute atomic E-state index is 0.216. The predicted octanol–water partition coefficient (Wildman–Crippen LogP) is 4.50. The van der Waals surface area contributed by atoms with E-state index in [-0.39, 0.29) is 11.8 Å². The summed E-state index contributed by atoms with van der Waals surface area (Å²) in [5.74, 6) is -0.458. The number of ether oxygens (including phenoxy) is 1. The van der Waals surface area contributed by atoms with Crippen molar-refractivity contribution in [1.82, 2.24) is 5.32 Å². The molecule has 7 heteroatoms. The lowest BCUT2D eigenvalue weighted by molar-refractivity contribution is 0.0917. The summed E-state index contributed by atoms with van der Waals surface area (Å²) >= 11 is 1.31. The molecule has 1 aliphatic rings. The summed E-state index contributed by atoms with van der Waals surface area (Å²) in [5.41, 5.74) is 2.60. The van der Waals surface area contributed by atoms with Crippen molar-refractivity contribution in [2.45, 2.75) is 19.4 Å². The molecule has 1 fully saturated rings. The van der Waals surface area contributed by atoms with E-state index in [1.807, 2.05) is 73.8 Å². The summed E-state index contributed by atoms with van der Waals surface area (Å²) < 4.78 is 5.39. The summed E-state index contributed by atoms with van der Waals surface area (Å²) in [6.07, 6.45) is 0. The third-order valence-corrected chi connectivity index (χ3v) is 6.46. The molecule has 0 bridgehead atoms. The number of carbonyl (C=O) groups excluding carboxylic acids is 2. The van der Waals surface area contributed by atoms with E-state index in [2.05, 4.69) is 15.5 Å². The first-order valence-electron chi connectivity index (χ1n) is 10.6. The van der Waals surface area contributed by atoms with Gasteiger partial charge in [0.2, 0.25) is 0 Å². The molecule has 0 radical (unpaired) electrons. The van der Waals surface area contributed by atoms with E-state index >= 15 is 0 Å². The van der Waals surface area contributed by atoms with Gasteiger partial charge in [0.05, 0.1) is 24.4 Å². The summed E-state index contributed by atoms with van der Waals surface area (Å²) in [5, 5.41) is 7.77. The monoisotopic (exact) mass is 449 g/mol. The maximum absolute atomic E-state index is 13.0. The third-order valence-electron chi connectivity index (χ3n) is 5.55. The van der Waals surface area contributed by atoms with Gasteiger partial charge in [0.25, 0.3) is 11.8 Å². The van der Waals surface area contributed by atoms with Gasteiger partial charge in [0, 0.05) is 24.3 Å². The van der Waals surface area contributed by atoms with Gasteiger partial charge >= 0.3 is 0 Å². The molecule has 1 aliphatic heterocycles. The van der Waals surface area contributed by atoms with Gasteiger partial charge in [0.1, 0.15) is 4.88 Å². The first kappa shape index (κ1) is 22.0. The first-order valence-corrected chi connectivity index (χ1v) is 11.5. The number of rotatable bonds is 6. The number of anilines is 2. The number of thiophene rings is 1. The normalized spacial score (nSPS) is 14.1. The highest BCUT2D eigenvalue weighted by Crippen LogP contribution is 2.26. The minimum Gasteiger partial charge on any atom is -0.378 e. The lowest BCUT2D eigenvalue weighted by Gasteiger charge is -2.28. The zero-order chi connectivity index (χ0) is 22.6. The number of hydrogen-bond donors (Lipinski definition) is 2. The van der Waals surface area contributed by atoms with Gasteiger partial charge in [-0.15, -0.1) is 11.3 Å². The number of hydrogen-bond acceptors (Lipinski definition) is 5. The molecular weight excluding hydrogens is 422 g/mol. The van der Waals surface area contributed by atoms with E-state index in [0.717, 1.165) is 24.3 Å². The van der Waals surface area contributed by atoms with Gasteiger partial charge in [-0.1, -0.05) is 30.3 Å². The molecule has 2 N–H and O–H groups in total. The van der Waals surface area contributed by atoms with Gasteiger partial charge in [-0.25, -0.2) is 0 Å². The van der Waals surface area contributed by atoms with E-state index in [0.29, 0.717) is 29.3 Å². The third kappa shape index (κ3) is 5.00. The summed E-state index contributed by atoms with van der Waals surface area (Å²) in [6, 6.07) is 19.1. The molecule has 166 valence electrons. The van der Waals surface area contributed by atoms with Gasteiger partial charge < -0.3 is 20.3 Å². The van der Waals surface area contributed by atoms with Crippen LogP contribution in [0, 0.1) is 0 Å². The second-order valence-corrected chi connectivity index (χ2v) is 9.13. The Hall–Kier alpha value is -3.16. The zero-order valence-corrected chi connectivity index (χ0v) is 19.1. The minimum atomic E-state index is -0.543. The van der Waals surface area contributed by atoms with Crippen LogP contribution in [0.15, 0.2) is 66.0 Å². The highest BCUT2D eigenvalue weighted by atomic mass is 32.1. The smallest absolute Gasteiger partial charge is 0.264 e. The summed E-state index contributed by atoms with van der Waals surface area (Å²) in [7, 11) is 0. The van der Waals surface area contributed by atoms with E-state index in [9.17, 15) is 9.59 Å². The Morgan fingerprint density at radius 3 is 2.31 bits per heavy atom. The molecule has 2 aromatic carbocycles. The molecule has 2 amide bonds. The van der Waals surface area contributed by atoms with Crippen molar-refractivity contribution in [2.75, 3.05) is 36.5 Å². The number of nitrogens with zero attached hydrogens (tertiary/aromatic N) is 1. The van der Waals surface area contributed by atoms with Crippen LogP contribution in [0.3, 0.4) is 0 Å². The number of amides is 2. The Kier molecular flexibility index (Phi) is 6.58. The lowest BCUT2D eigenvalue weighted by atomic mass is 9.94. The van der Waals surface area contributed by atoms with Crippen LogP contribution in [0.5, 0.6) is 0 Å². The summed E-state index contributed by atoms with van der Waals surface area (Å²) in [4.78, 5) is 28.5. The van der Waals surface area contributed by atoms with Crippen LogP contribution >= 0.6 is 11.3 Å². The molecule has 0 saturated carbocycles. The van der Waals surface area contributed by atoms with Crippen molar-refractivity contribution >= 4 is 34.5 Å². The molecule has 6 nitrogen and oxygen atoms in total. The van der Waals surface area contributed by atoms with Crippen LogP contribution in [0.25, 0.3) is 0 Å². The van der Waals surface area contributed by atoms with Crippen LogP contribution in [-0.4, -0.2) is 38.1 Å². The molecule has 0 unspecified atom stereocenters. The highest BCUT2D eigenvalue weighted by molar-refractivity contribution is 7.12. The number of nitrogens with one attached hydrogen (secondary N) is 2. The second-order valence-electron chi connectivity index (χ2n) is 8.21. The first-order chi connectivity index (χ1) is 15.4. The fourth-order valence-corrected chi connectivity index (χ4v) is 4.44. The van der Waals surface area contributed by atoms with Crippen molar-refractivity contribution in [2.24, 2.45) is 0 Å². The molecule has 4 rings (SSSR count). The maximum atomic E-state index is 13.0. The van der Waals surface area contributed by atoms with Crippen molar-refractivity contribution in [1.29, 1.82) is 0 Å². The number of morpholine rings is 1. The molecule has 3 aromatic rings. The van der Waals surface area contributed by atoms with Gasteiger partial charge in [0.15, 0.2) is 0 Å². The Morgan fingerprint density at radius 1 is 0.938 bits per heavy atom. The predicted molar refractivity (Wildman–Crippen MR) is 129 cm³/mol. The van der Waals surface area contributed by atoms with Crippen molar-refractivity contribution < 1.29 is 14.3 Å². The molecule has 2 heterocycles. The fourth-order valence-electron chi connectivity index (χ4n) is 3.69. The van der Waals surface area contributed by atoms with Crippen molar-refractivity contribution in [3.8, 4) is 0 Å². The second kappa shape index (κ2) is 9.54. The Morgan fingerprint density at radius 2 is 1.62 bits per heavy atom. The Balaban J connectivity index is 1.43. The van der Waals surface area contributed by atoms with Crippen LogP contribution in [0.1, 0.15) is 39.4 Å². The van der Waals surface area contributed by atoms with Gasteiger partial charge in [-0.05, 0) is 55.1 Å².